The molecule has 1 aromatic carbocycles. The summed E-state index contributed by atoms with van der Waals surface area (Å²) in [6.07, 6.45) is 2.86. The number of fused-ring (bicyclic) bond motifs is 1. The molecule has 1 fully saturated rings. The van der Waals surface area contributed by atoms with Crippen molar-refractivity contribution in [2.75, 3.05) is 13.1 Å². The second-order valence-electron chi connectivity index (χ2n) is 12.3. The van der Waals surface area contributed by atoms with Gasteiger partial charge in [0.15, 0.2) is 0 Å². The number of rotatable bonds is 8. The molecule has 1 aliphatic rings. The first-order valence-electron chi connectivity index (χ1n) is 14.3. The Kier molecular flexibility index (Phi) is 9.03. The predicted octanol–water partition coefficient (Wildman–Crippen LogP) is 3.15. The average molecular weight is 566 g/mol. The fourth-order valence-electron chi connectivity index (χ4n) is 5.49. The number of esters is 1. The molecule has 3 heterocycles. The highest BCUT2D eigenvalue weighted by atomic mass is 16.6. The van der Waals surface area contributed by atoms with Crippen molar-refractivity contribution >= 4 is 22.9 Å². The standard InChI is InChI=1S/C31H43N5O5/c1-19-13-24(18-34(7)29(19)39)28-33-25-14-22(15-32-27(20(2)37)30(40)41-31(4,5)6)10-11-26(25)36(28)17-23-9-8-12-35(16-23)21(3)38/h10-11,13-14,18,20,23,27,32,37H,8-9,12,15-17H2,1-7H3/t20-,23?,27+/m1/s1. The molecular formula is C31H43N5O5. The molecule has 3 atom stereocenters. The van der Waals surface area contributed by atoms with Crippen LogP contribution in [0.4, 0.5) is 0 Å². The summed E-state index contributed by atoms with van der Waals surface area (Å²) in [5.74, 6) is 0.634. The molecule has 2 N–H and O–H groups in total. The number of nitrogens with one attached hydrogen (secondary N) is 1. The van der Waals surface area contributed by atoms with Gasteiger partial charge in [0.2, 0.25) is 5.91 Å². The zero-order valence-corrected chi connectivity index (χ0v) is 25.2. The Morgan fingerprint density at radius 1 is 1.24 bits per heavy atom. The van der Waals surface area contributed by atoms with Gasteiger partial charge in [0, 0.05) is 57.5 Å². The summed E-state index contributed by atoms with van der Waals surface area (Å²) >= 11 is 0. The molecule has 1 unspecified atom stereocenters. The number of hydrogen-bond acceptors (Lipinski definition) is 7. The number of piperidine rings is 1. The summed E-state index contributed by atoms with van der Waals surface area (Å²) in [6.45, 7) is 12.9. The number of likely N-dealkylation sites (tertiary alicyclic amines) is 1. The second-order valence-corrected chi connectivity index (χ2v) is 12.3. The minimum absolute atomic E-state index is 0.0493. The number of carbonyl (C=O) groups is 2. The predicted molar refractivity (Wildman–Crippen MR) is 158 cm³/mol. The van der Waals surface area contributed by atoms with Crippen molar-refractivity contribution in [1.82, 2.24) is 24.3 Å². The second kappa shape index (κ2) is 12.2. The van der Waals surface area contributed by atoms with Crippen molar-refractivity contribution in [3.63, 3.8) is 0 Å². The molecule has 41 heavy (non-hydrogen) atoms. The van der Waals surface area contributed by atoms with E-state index >= 15 is 0 Å². The zero-order valence-electron chi connectivity index (χ0n) is 25.2. The van der Waals surface area contributed by atoms with Gasteiger partial charge in [-0.1, -0.05) is 6.07 Å². The van der Waals surface area contributed by atoms with E-state index in [1.165, 1.54) is 0 Å². The number of aliphatic hydroxyl groups excluding tert-OH is 1. The van der Waals surface area contributed by atoms with Gasteiger partial charge in [-0.05, 0) is 77.1 Å². The van der Waals surface area contributed by atoms with Gasteiger partial charge < -0.3 is 23.9 Å². The number of benzene rings is 1. The summed E-state index contributed by atoms with van der Waals surface area (Å²) in [7, 11) is 1.74. The van der Waals surface area contributed by atoms with Crippen LogP contribution in [0.15, 0.2) is 35.3 Å². The lowest BCUT2D eigenvalue weighted by Crippen LogP contribution is -2.47. The molecule has 1 saturated heterocycles. The van der Waals surface area contributed by atoms with E-state index in [-0.39, 0.29) is 17.4 Å². The SMILES string of the molecule is CC(=O)N1CCCC(Cn2c(-c3cc(C)c(=O)n(C)c3)nc3cc(CN[C@H](C(=O)OC(C)(C)C)[C@@H](C)O)ccc32)C1. The van der Waals surface area contributed by atoms with Crippen LogP contribution in [0.5, 0.6) is 0 Å². The quantitative estimate of drug-likeness (QED) is 0.403. The van der Waals surface area contributed by atoms with Crippen LogP contribution in [0.1, 0.15) is 58.6 Å². The highest BCUT2D eigenvalue weighted by molar-refractivity contribution is 5.81. The summed E-state index contributed by atoms with van der Waals surface area (Å²) in [4.78, 5) is 44.1. The lowest BCUT2D eigenvalue weighted by Gasteiger charge is -2.32. The fourth-order valence-corrected chi connectivity index (χ4v) is 5.49. The Balaban J connectivity index is 1.68. The number of imidazole rings is 1. The number of aryl methyl sites for hydroxylation is 2. The molecular weight excluding hydrogens is 522 g/mol. The molecule has 0 radical (unpaired) electrons. The van der Waals surface area contributed by atoms with E-state index < -0.39 is 23.7 Å². The first kappa shape index (κ1) is 30.5. The van der Waals surface area contributed by atoms with Crippen molar-refractivity contribution in [3.8, 4) is 11.4 Å². The van der Waals surface area contributed by atoms with Gasteiger partial charge in [0.25, 0.3) is 5.56 Å². The van der Waals surface area contributed by atoms with Crippen molar-refractivity contribution in [2.24, 2.45) is 13.0 Å². The molecule has 0 spiro atoms. The number of hydrogen-bond donors (Lipinski definition) is 2. The van der Waals surface area contributed by atoms with E-state index in [4.69, 9.17) is 9.72 Å². The molecule has 4 rings (SSSR count). The maximum absolute atomic E-state index is 12.7. The van der Waals surface area contributed by atoms with Crippen LogP contribution in [-0.4, -0.2) is 66.8 Å². The molecule has 1 amide bonds. The zero-order chi connectivity index (χ0) is 30.1. The van der Waals surface area contributed by atoms with Crippen LogP contribution in [-0.2, 0) is 34.5 Å². The highest BCUT2D eigenvalue weighted by Crippen LogP contribution is 2.29. The van der Waals surface area contributed by atoms with Crippen LogP contribution < -0.4 is 10.9 Å². The van der Waals surface area contributed by atoms with Crippen LogP contribution in [0, 0.1) is 12.8 Å². The van der Waals surface area contributed by atoms with Crippen LogP contribution in [0.2, 0.25) is 0 Å². The van der Waals surface area contributed by atoms with Gasteiger partial charge in [-0.15, -0.1) is 0 Å². The number of aromatic nitrogens is 3. The summed E-state index contributed by atoms with van der Waals surface area (Å²) < 4.78 is 9.26. The third-order valence-corrected chi connectivity index (χ3v) is 7.51. The van der Waals surface area contributed by atoms with Crippen LogP contribution in [0.25, 0.3) is 22.4 Å². The summed E-state index contributed by atoms with van der Waals surface area (Å²) in [5, 5.41) is 13.4. The monoisotopic (exact) mass is 565 g/mol. The highest BCUT2D eigenvalue weighted by Gasteiger charge is 2.29. The van der Waals surface area contributed by atoms with Gasteiger partial charge >= 0.3 is 5.97 Å². The van der Waals surface area contributed by atoms with Crippen molar-refractivity contribution in [2.45, 2.75) is 85.2 Å². The number of carbonyl (C=O) groups excluding carboxylic acids is 2. The van der Waals surface area contributed by atoms with Gasteiger partial charge in [-0.25, -0.2) is 4.98 Å². The van der Waals surface area contributed by atoms with Gasteiger partial charge in [0.05, 0.1) is 17.1 Å². The molecule has 10 nitrogen and oxygen atoms in total. The maximum atomic E-state index is 12.7. The van der Waals surface area contributed by atoms with Crippen LogP contribution in [0.3, 0.4) is 0 Å². The van der Waals surface area contributed by atoms with Gasteiger partial charge in [0.1, 0.15) is 17.5 Å². The summed E-state index contributed by atoms with van der Waals surface area (Å²) in [5.41, 5.74) is 3.42. The maximum Gasteiger partial charge on any atom is 0.326 e. The number of pyridine rings is 1. The first-order chi connectivity index (χ1) is 19.2. The van der Waals surface area contributed by atoms with E-state index in [0.717, 1.165) is 47.4 Å². The average Bonchev–Trinajstić information content (AvgIpc) is 3.23. The van der Waals surface area contributed by atoms with Crippen molar-refractivity contribution < 1.29 is 19.4 Å². The Hall–Kier alpha value is -3.50. The third-order valence-electron chi connectivity index (χ3n) is 7.51. The Labute approximate surface area is 241 Å². The lowest BCUT2D eigenvalue weighted by atomic mass is 9.97. The Morgan fingerprint density at radius 2 is 1.98 bits per heavy atom. The van der Waals surface area contributed by atoms with Crippen LogP contribution >= 0.6 is 0 Å². The third kappa shape index (κ3) is 7.23. The number of amides is 1. The molecule has 222 valence electrons. The minimum Gasteiger partial charge on any atom is -0.459 e. The number of aliphatic hydroxyl groups is 1. The minimum atomic E-state index is -0.933. The largest absolute Gasteiger partial charge is 0.459 e. The van der Waals surface area contributed by atoms with E-state index in [9.17, 15) is 19.5 Å². The van der Waals surface area contributed by atoms with Gasteiger partial charge in [-0.3, -0.25) is 19.7 Å². The van der Waals surface area contributed by atoms with Crippen molar-refractivity contribution in [1.29, 1.82) is 0 Å². The summed E-state index contributed by atoms with van der Waals surface area (Å²) in [6, 6.07) is 6.99. The van der Waals surface area contributed by atoms with E-state index in [1.54, 1.807) is 53.2 Å². The van der Waals surface area contributed by atoms with E-state index in [1.807, 2.05) is 35.4 Å². The molecule has 1 aliphatic heterocycles. The normalized spacial score (nSPS) is 17.5. The number of nitrogens with zero attached hydrogens (tertiary/aromatic N) is 4. The molecule has 10 heteroatoms. The fraction of sp³-hybridized carbons (Fsp3) is 0.548. The Morgan fingerprint density at radius 3 is 2.61 bits per heavy atom. The van der Waals surface area contributed by atoms with Crippen molar-refractivity contribution in [3.05, 3.63) is 51.9 Å². The lowest BCUT2D eigenvalue weighted by molar-refractivity contribution is -0.160. The van der Waals surface area contributed by atoms with Gasteiger partial charge in [-0.2, -0.15) is 0 Å². The molecule has 2 aromatic heterocycles. The first-order valence-corrected chi connectivity index (χ1v) is 14.3. The van der Waals surface area contributed by atoms with E-state index in [2.05, 4.69) is 9.88 Å². The smallest absolute Gasteiger partial charge is 0.326 e. The molecule has 0 bridgehead atoms. The topological polar surface area (TPSA) is 119 Å². The molecule has 0 saturated carbocycles. The van der Waals surface area contributed by atoms with E-state index in [0.29, 0.717) is 25.2 Å². The Bertz CT molecular complexity index is 1460. The number of ether oxygens (including phenoxy) is 1. The molecule has 0 aliphatic carbocycles. The molecule has 3 aromatic rings.